The molecule has 2 aromatic rings. The van der Waals surface area contributed by atoms with E-state index in [1.807, 2.05) is 38.1 Å². The van der Waals surface area contributed by atoms with Crippen molar-refractivity contribution in [3.8, 4) is 17.4 Å². The Morgan fingerprint density at radius 3 is 2.76 bits per heavy atom. The quantitative estimate of drug-likeness (QED) is 0.643. The minimum atomic E-state index is 0.0561. The van der Waals surface area contributed by atoms with Crippen molar-refractivity contribution in [3.05, 3.63) is 47.1 Å². The third-order valence-corrected chi connectivity index (χ3v) is 3.59. The first kappa shape index (κ1) is 19.3. The molecule has 0 spiro atoms. The third-order valence-electron chi connectivity index (χ3n) is 3.37. The van der Waals surface area contributed by atoms with Gasteiger partial charge in [-0.05, 0) is 38.9 Å². The van der Waals surface area contributed by atoms with Gasteiger partial charge >= 0.3 is 0 Å². The Morgan fingerprint density at radius 2 is 2.08 bits per heavy atom. The number of halogens is 1. The molecule has 0 atom stereocenters. The number of nitrogens with zero attached hydrogens (tertiary/aromatic N) is 1. The molecule has 0 aliphatic rings. The zero-order valence-corrected chi connectivity index (χ0v) is 15.7. The van der Waals surface area contributed by atoms with Crippen LogP contribution in [0.1, 0.15) is 25.8 Å². The van der Waals surface area contributed by atoms with Crippen LogP contribution in [0.4, 0.5) is 0 Å². The molecule has 1 heterocycles. The SMILES string of the molecule is COc1cc(Cl)cc(CNCCCOc2ccccn2)c1OC(C)C. The highest BCUT2D eigenvalue weighted by Gasteiger charge is 2.14. The monoisotopic (exact) mass is 364 g/mol. The van der Waals surface area contributed by atoms with Crippen LogP contribution in [0.15, 0.2) is 36.5 Å². The van der Waals surface area contributed by atoms with E-state index in [4.69, 9.17) is 25.8 Å². The molecule has 1 aromatic heterocycles. The van der Waals surface area contributed by atoms with Gasteiger partial charge in [0.1, 0.15) is 0 Å². The number of methoxy groups -OCH3 is 1. The molecule has 0 saturated heterocycles. The number of hydrogen-bond donors (Lipinski definition) is 1. The van der Waals surface area contributed by atoms with E-state index in [1.165, 1.54) is 0 Å². The summed E-state index contributed by atoms with van der Waals surface area (Å²) in [6, 6.07) is 9.29. The maximum absolute atomic E-state index is 6.18. The predicted molar refractivity (Wildman–Crippen MR) is 99.8 cm³/mol. The fraction of sp³-hybridized carbons (Fsp3) is 0.421. The van der Waals surface area contributed by atoms with E-state index in [9.17, 15) is 0 Å². The predicted octanol–water partition coefficient (Wildman–Crippen LogP) is 4.09. The molecule has 25 heavy (non-hydrogen) atoms. The summed E-state index contributed by atoms with van der Waals surface area (Å²) in [4.78, 5) is 4.12. The lowest BCUT2D eigenvalue weighted by Gasteiger charge is -2.18. The van der Waals surface area contributed by atoms with Crippen molar-refractivity contribution in [2.75, 3.05) is 20.3 Å². The largest absolute Gasteiger partial charge is 0.493 e. The summed E-state index contributed by atoms with van der Waals surface area (Å²) < 4.78 is 16.9. The summed E-state index contributed by atoms with van der Waals surface area (Å²) in [5.41, 5.74) is 0.976. The highest BCUT2D eigenvalue weighted by atomic mass is 35.5. The Balaban J connectivity index is 1.84. The molecule has 2 rings (SSSR count). The number of ether oxygens (including phenoxy) is 3. The van der Waals surface area contributed by atoms with Crippen LogP contribution >= 0.6 is 11.6 Å². The van der Waals surface area contributed by atoms with Gasteiger partial charge in [0.05, 0.1) is 19.8 Å². The minimum absolute atomic E-state index is 0.0561. The molecule has 0 bridgehead atoms. The lowest BCUT2D eigenvalue weighted by Crippen LogP contribution is -2.18. The van der Waals surface area contributed by atoms with Crippen molar-refractivity contribution < 1.29 is 14.2 Å². The van der Waals surface area contributed by atoms with Gasteiger partial charge in [0.15, 0.2) is 11.5 Å². The van der Waals surface area contributed by atoms with Crippen LogP contribution in [0.25, 0.3) is 0 Å². The summed E-state index contributed by atoms with van der Waals surface area (Å²) in [5.74, 6) is 2.03. The molecule has 6 heteroatoms. The molecule has 0 aliphatic heterocycles. The van der Waals surface area contributed by atoms with Crippen molar-refractivity contribution in [1.82, 2.24) is 10.3 Å². The van der Waals surface area contributed by atoms with E-state index in [0.29, 0.717) is 29.8 Å². The van der Waals surface area contributed by atoms with Crippen LogP contribution in [-0.4, -0.2) is 31.3 Å². The molecule has 0 saturated carbocycles. The lowest BCUT2D eigenvalue weighted by molar-refractivity contribution is 0.227. The van der Waals surface area contributed by atoms with E-state index in [1.54, 1.807) is 19.4 Å². The second-order valence-electron chi connectivity index (χ2n) is 5.81. The molecule has 0 unspecified atom stereocenters. The van der Waals surface area contributed by atoms with Gasteiger partial charge in [0, 0.05) is 35.5 Å². The Labute approximate surface area is 154 Å². The number of benzene rings is 1. The van der Waals surface area contributed by atoms with Crippen LogP contribution in [0.2, 0.25) is 5.02 Å². The Hall–Kier alpha value is -1.98. The highest BCUT2D eigenvalue weighted by molar-refractivity contribution is 6.30. The maximum atomic E-state index is 6.18. The van der Waals surface area contributed by atoms with Gasteiger partial charge in [-0.25, -0.2) is 4.98 Å². The van der Waals surface area contributed by atoms with Crippen LogP contribution < -0.4 is 19.5 Å². The average molecular weight is 365 g/mol. The van der Waals surface area contributed by atoms with E-state index >= 15 is 0 Å². The van der Waals surface area contributed by atoms with Gasteiger partial charge < -0.3 is 19.5 Å². The molecule has 0 radical (unpaired) electrons. The highest BCUT2D eigenvalue weighted by Crippen LogP contribution is 2.35. The van der Waals surface area contributed by atoms with Crippen LogP contribution in [0.5, 0.6) is 17.4 Å². The molecular weight excluding hydrogens is 340 g/mol. The first-order valence-electron chi connectivity index (χ1n) is 8.37. The maximum Gasteiger partial charge on any atom is 0.213 e. The summed E-state index contributed by atoms with van der Waals surface area (Å²) in [6.45, 7) is 6.03. The third kappa shape index (κ3) is 6.44. The van der Waals surface area contributed by atoms with Crippen molar-refractivity contribution in [2.45, 2.75) is 32.9 Å². The smallest absolute Gasteiger partial charge is 0.213 e. The van der Waals surface area contributed by atoms with Gasteiger partial charge in [-0.3, -0.25) is 0 Å². The Morgan fingerprint density at radius 1 is 1.24 bits per heavy atom. The van der Waals surface area contributed by atoms with Gasteiger partial charge in [-0.2, -0.15) is 0 Å². The molecule has 136 valence electrons. The van der Waals surface area contributed by atoms with Crippen LogP contribution in [-0.2, 0) is 6.54 Å². The Bertz CT molecular complexity index is 651. The first-order chi connectivity index (χ1) is 12.1. The van der Waals surface area contributed by atoms with Crippen molar-refractivity contribution >= 4 is 11.6 Å². The van der Waals surface area contributed by atoms with E-state index < -0.39 is 0 Å². The number of hydrogen-bond acceptors (Lipinski definition) is 5. The topological polar surface area (TPSA) is 52.6 Å². The van der Waals surface area contributed by atoms with Crippen LogP contribution in [0.3, 0.4) is 0 Å². The normalized spacial score (nSPS) is 10.8. The molecule has 0 aliphatic carbocycles. The fourth-order valence-corrected chi connectivity index (χ4v) is 2.54. The zero-order valence-electron chi connectivity index (χ0n) is 14.9. The number of pyridine rings is 1. The van der Waals surface area contributed by atoms with Gasteiger partial charge in [-0.1, -0.05) is 17.7 Å². The molecule has 0 amide bonds. The fourth-order valence-electron chi connectivity index (χ4n) is 2.30. The molecule has 5 nitrogen and oxygen atoms in total. The number of rotatable bonds is 10. The van der Waals surface area contributed by atoms with Crippen LogP contribution in [0, 0.1) is 0 Å². The first-order valence-corrected chi connectivity index (χ1v) is 8.75. The summed E-state index contributed by atoms with van der Waals surface area (Å²) in [7, 11) is 1.62. The van der Waals surface area contributed by atoms with Gasteiger partial charge in [0.2, 0.25) is 5.88 Å². The van der Waals surface area contributed by atoms with E-state index in [0.717, 1.165) is 24.3 Å². The van der Waals surface area contributed by atoms with Gasteiger partial charge in [0.25, 0.3) is 0 Å². The standard InChI is InChI=1S/C19H25ClN2O3/c1-14(2)25-19-15(11-16(20)12-17(19)23-3)13-21-8-6-10-24-18-7-4-5-9-22-18/h4-5,7,9,11-12,14,21H,6,8,10,13H2,1-3H3. The molecule has 0 fully saturated rings. The number of nitrogens with one attached hydrogen (secondary N) is 1. The zero-order chi connectivity index (χ0) is 18.1. The molecule has 1 N–H and O–H groups in total. The molecular formula is C19H25ClN2O3. The number of aromatic nitrogens is 1. The second kappa shape index (κ2) is 10.1. The van der Waals surface area contributed by atoms with Crippen molar-refractivity contribution in [3.63, 3.8) is 0 Å². The van der Waals surface area contributed by atoms with E-state index in [-0.39, 0.29) is 6.10 Å². The average Bonchev–Trinajstić information content (AvgIpc) is 2.60. The Kier molecular flexibility index (Phi) is 7.82. The summed E-state index contributed by atoms with van der Waals surface area (Å²) in [6.07, 6.45) is 2.64. The minimum Gasteiger partial charge on any atom is -0.493 e. The summed E-state index contributed by atoms with van der Waals surface area (Å²) in [5, 5.41) is 4.01. The molecule has 1 aromatic carbocycles. The summed E-state index contributed by atoms with van der Waals surface area (Å²) >= 11 is 6.18. The van der Waals surface area contributed by atoms with Gasteiger partial charge in [-0.15, -0.1) is 0 Å². The lowest BCUT2D eigenvalue weighted by atomic mass is 10.1. The van der Waals surface area contributed by atoms with Crippen molar-refractivity contribution in [1.29, 1.82) is 0 Å². The van der Waals surface area contributed by atoms with Crippen molar-refractivity contribution in [2.24, 2.45) is 0 Å². The second-order valence-corrected chi connectivity index (χ2v) is 6.25. The van der Waals surface area contributed by atoms with E-state index in [2.05, 4.69) is 10.3 Å².